The van der Waals surface area contributed by atoms with Gasteiger partial charge in [0.15, 0.2) is 0 Å². The molecule has 6 aliphatic heterocycles. The lowest BCUT2D eigenvalue weighted by Crippen LogP contribution is -2.18. The van der Waals surface area contributed by atoms with E-state index in [9.17, 15) is 0 Å². The number of ether oxygens (including phenoxy) is 6. The van der Waals surface area contributed by atoms with E-state index < -0.39 is 0 Å². The summed E-state index contributed by atoms with van der Waals surface area (Å²) in [5.74, 6) is 6.52. The summed E-state index contributed by atoms with van der Waals surface area (Å²) in [5, 5.41) is 8.01. The van der Waals surface area contributed by atoms with E-state index in [2.05, 4.69) is 36.4 Å². The molecule has 0 amide bonds. The van der Waals surface area contributed by atoms with Crippen LogP contribution in [0.15, 0.2) is 36.4 Å². The van der Waals surface area contributed by atoms with Crippen LogP contribution in [0.1, 0.15) is 105 Å². The van der Waals surface area contributed by atoms with Crippen molar-refractivity contribution in [1.82, 2.24) is 0 Å². The first-order chi connectivity index (χ1) is 28.2. The van der Waals surface area contributed by atoms with Gasteiger partial charge < -0.3 is 28.4 Å². The van der Waals surface area contributed by atoms with E-state index in [1.54, 1.807) is 0 Å². The van der Waals surface area contributed by atoms with Crippen molar-refractivity contribution in [2.75, 3.05) is 39.6 Å². The van der Waals surface area contributed by atoms with Crippen molar-refractivity contribution in [1.29, 1.82) is 0 Å². The molecule has 7 aliphatic rings. The van der Waals surface area contributed by atoms with Gasteiger partial charge in [0, 0.05) is 52.6 Å². The number of aryl methyl sites for hydroxylation is 6. The third-order valence-electron chi connectivity index (χ3n) is 14.1. The molecule has 6 heterocycles. The molecule has 0 unspecified atom stereocenters. The topological polar surface area (TPSA) is 55.4 Å². The Morgan fingerprint density at radius 2 is 0.456 bits per heavy atom. The maximum absolute atomic E-state index is 6.71. The molecule has 9 bridgehead atoms. The zero-order valence-electron chi connectivity index (χ0n) is 32.8. The van der Waals surface area contributed by atoms with Gasteiger partial charge in [-0.2, -0.15) is 0 Å². The van der Waals surface area contributed by atoms with Gasteiger partial charge in [-0.25, -0.2) is 0 Å². The number of hydrogen-bond acceptors (Lipinski definition) is 6. The molecule has 13 rings (SSSR count). The molecule has 57 heavy (non-hydrogen) atoms. The van der Waals surface area contributed by atoms with Crippen LogP contribution in [0, 0.1) is 0 Å². The highest BCUT2D eigenvalue weighted by Gasteiger charge is 2.32. The van der Waals surface area contributed by atoms with E-state index in [1.807, 2.05) is 0 Å². The molecular weight excluding hydrogens is 709 g/mol. The minimum atomic E-state index is 0.755. The minimum absolute atomic E-state index is 0.755. The molecule has 0 aromatic heterocycles. The first kappa shape index (κ1) is 32.9. The highest BCUT2D eigenvalue weighted by atomic mass is 16.5. The summed E-state index contributed by atoms with van der Waals surface area (Å²) in [6, 6.07) is 14.7. The van der Waals surface area contributed by atoms with E-state index in [-0.39, 0.29) is 0 Å². The average molecular weight is 757 g/mol. The minimum Gasteiger partial charge on any atom is -0.493 e. The zero-order valence-corrected chi connectivity index (χ0v) is 32.8. The van der Waals surface area contributed by atoms with Gasteiger partial charge in [-0.1, -0.05) is 0 Å². The second-order valence-corrected chi connectivity index (χ2v) is 17.6. The first-order valence-corrected chi connectivity index (χ1v) is 21.9. The van der Waals surface area contributed by atoms with Crippen molar-refractivity contribution in [2.45, 2.75) is 96.3 Å². The average Bonchev–Trinajstić information content (AvgIpc) is 3.26. The van der Waals surface area contributed by atoms with Gasteiger partial charge in [-0.15, -0.1) is 0 Å². The first-order valence-electron chi connectivity index (χ1n) is 21.9. The molecule has 0 N–H and O–H groups in total. The fourth-order valence-corrected chi connectivity index (χ4v) is 12.0. The lowest BCUT2D eigenvalue weighted by molar-refractivity contribution is 0.280. The van der Waals surface area contributed by atoms with Crippen LogP contribution in [0.4, 0.5) is 0 Å². The normalized spacial score (nSPS) is 18.9. The summed E-state index contributed by atoms with van der Waals surface area (Å²) in [6.45, 7) is 4.53. The molecular formula is C51H48O6. The fourth-order valence-electron chi connectivity index (χ4n) is 12.0. The van der Waals surface area contributed by atoms with Crippen LogP contribution in [-0.2, 0) is 57.8 Å². The van der Waals surface area contributed by atoms with Gasteiger partial charge in [0.1, 0.15) is 34.5 Å². The Hall–Kier alpha value is -5.10. The quantitative estimate of drug-likeness (QED) is 0.154. The van der Waals surface area contributed by atoms with Crippen LogP contribution >= 0.6 is 0 Å². The van der Waals surface area contributed by atoms with Crippen LogP contribution in [0.3, 0.4) is 0 Å². The predicted octanol–water partition coefficient (Wildman–Crippen LogP) is 10.2. The van der Waals surface area contributed by atoms with Crippen LogP contribution in [0.25, 0.3) is 32.3 Å². The highest BCUT2D eigenvalue weighted by molar-refractivity contribution is 5.98. The maximum atomic E-state index is 6.71. The molecule has 6 aromatic rings. The molecule has 288 valence electrons. The van der Waals surface area contributed by atoms with Crippen molar-refractivity contribution >= 4 is 32.3 Å². The summed E-state index contributed by atoms with van der Waals surface area (Å²) in [6.07, 6.45) is 14.6. The van der Waals surface area contributed by atoms with Crippen LogP contribution in [0.2, 0.25) is 0 Å². The maximum Gasteiger partial charge on any atom is 0.126 e. The Kier molecular flexibility index (Phi) is 7.34. The molecule has 6 heteroatoms. The lowest BCUT2D eigenvalue weighted by atomic mass is 9.82. The van der Waals surface area contributed by atoms with Crippen molar-refractivity contribution in [3.63, 3.8) is 0 Å². The molecule has 6 nitrogen and oxygen atoms in total. The number of benzene rings is 6. The smallest absolute Gasteiger partial charge is 0.126 e. The second kappa shape index (κ2) is 12.7. The number of fused-ring (bicyclic) bond motifs is 24. The van der Waals surface area contributed by atoms with Crippen molar-refractivity contribution in [2.24, 2.45) is 0 Å². The van der Waals surface area contributed by atoms with Gasteiger partial charge in [0.2, 0.25) is 0 Å². The third kappa shape index (κ3) is 4.94. The standard InChI is InChI=1S/C51H48O6/c1-7-37-43-28-19-31(46(37)52-13-1)25-33-21-29-22-35(50-40(10-4-17-56-50)44(29)39-9-3-15-54-48(33)39)27-36-24-30-23-34(26-32(20-28)47-38(43)8-2-14-53-47)49-41(11-5-16-55-49)45(30)42-12-6-18-57-51(36)42/h19-24H,1-18,25-27H2. The molecule has 0 spiro atoms. The van der Waals surface area contributed by atoms with E-state index in [0.717, 1.165) is 170 Å². The van der Waals surface area contributed by atoms with E-state index in [1.165, 1.54) is 99.1 Å². The SMILES string of the molecule is c1c2c3c(c4c5c(c(cc14)Cc1cc4cc(c6c(c4c4c1OCCC4)CCCO6)Cc1cc4cc(c6c(c4c4c1OCCC4)CCCO6)C2)OCCC5)CCCO3. The molecule has 0 fully saturated rings. The summed E-state index contributed by atoms with van der Waals surface area (Å²) >= 11 is 0. The van der Waals surface area contributed by atoms with Gasteiger partial charge in [0.25, 0.3) is 0 Å². The summed E-state index contributed by atoms with van der Waals surface area (Å²) in [7, 11) is 0. The van der Waals surface area contributed by atoms with Crippen molar-refractivity contribution in [3.8, 4) is 34.5 Å². The van der Waals surface area contributed by atoms with Crippen LogP contribution in [0.5, 0.6) is 34.5 Å². The van der Waals surface area contributed by atoms with E-state index in [0.29, 0.717) is 0 Å². The Morgan fingerprint density at radius 3 is 0.649 bits per heavy atom. The third-order valence-corrected chi connectivity index (χ3v) is 14.1. The van der Waals surface area contributed by atoms with Gasteiger partial charge in [0.05, 0.1) is 39.6 Å². The largest absolute Gasteiger partial charge is 0.493 e. The zero-order chi connectivity index (χ0) is 37.2. The Balaban J connectivity index is 1.15. The summed E-state index contributed by atoms with van der Waals surface area (Å²) in [4.78, 5) is 0. The Bertz CT molecular complexity index is 2270. The molecule has 0 saturated carbocycles. The second-order valence-electron chi connectivity index (χ2n) is 17.6. The fraction of sp³-hybridized carbons (Fsp3) is 0.412. The van der Waals surface area contributed by atoms with Gasteiger partial charge in [-0.05, 0) is 179 Å². The van der Waals surface area contributed by atoms with Crippen LogP contribution in [-0.4, -0.2) is 39.6 Å². The van der Waals surface area contributed by atoms with Gasteiger partial charge in [-0.3, -0.25) is 0 Å². The molecule has 0 atom stereocenters. The molecule has 0 radical (unpaired) electrons. The number of hydrogen-bond donors (Lipinski definition) is 0. The lowest BCUT2D eigenvalue weighted by Gasteiger charge is -2.31. The van der Waals surface area contributed by atoms with Crippen LogP contribution < -0.4 is 28.4 Å². The highest BCUT2D eigenvalue weighted by Crippen LogP contribution is 2.50. The molecule has 0 saturated heterocycles. The monoisotopic (exact) mass is 756 g/mol. The summed E-state index contributed by atoms with van der Waals surface area (Å²) < 4.78 is 40.3. The van der Waals surface area contributed by atoms with Gasteiger partial charge >= 0.3 is 0 Å². The Morgan fingerprint density at radius 1 is 0.263 bits per heavy atom. The summed E-state index contributed by atoms with van der Waals surface area (Å²) in [5.41, 5.74) is 15.8. The van der Waals surface area contributed by atoms with Crippen molar-refractivity contribution < 1.29 is 28.4 Å². The Labute approximate surface area is 333 Å². The molecule has 6 aromatic carbocycles. The van der Waals surface area contributed by atoms with Crippen molar-refractivity contribution in [3.05, 3.63) is 103 Å². The number of rotatable bonds is 0. The molecule has 1 aliphatic carbocycles. The van der Waals surface area contributed by atoms with E-state index >= 15 is 0 Å². The van der Waals surface area contributed by atoms with E-state index in [4.69, 9.17) is 28.4 Å². The predicted molar refractivity (Wildman–Crippen MR) is 223 cm³/mol.